The summed E-state index contributed by atoms with van der Waals surface area (Å²) in [5, 5.41) is 0. The van der Waals surface area contributed by atoms with Crippen LogP contribution in [0.1, 0.15) is 106 Å². The Labute approximate surface area is 292 Å². The first kappa shape index (κ1) is 45.2. The van der Waals surface area contributed by atoms with Crippen LogP contribution >= 0.6 is 0 Å². The van der Waals surface area contributed by atoms with Gasteiger partial charge in [-0.15, -0.1) is 0 Å². The third kappa shape index (κ3) is 15.0. The first-order valence-corrected chi connectivity index (χ1v) is 15.9. The first-order chi connectivity index (χ1) is 20.7. The Bertz CT molecular complexity index is 1520. The molecule has 0 fully saturated rings. The predicted molar refractivity (Wildman–Crippen MR) is 217 cm³/mol. The summed E-state index contributed by atoms with van der Waals surface area (Å²) in [6.45, 7) is 28.0. The van der Waals surface area contributed by atoms with Gasteiger partial charge in [0.05, 0.1) is 0 Å². The molecule has 0 aliphatic heterocycles. The van der Waals surface area contributed by atoms with E-state index in [1.807, 2.05) is 0 Å². The maximum absolute atomic E-state index is 2.26. The molecule has 5 rings (SSSR count). The van der Waals surface area contributed by atoms with Crippen molar-refractivity contribution >= 4 is 0 Å². The van der Waals surface area contributed by atoms with Crippen molar-refractivity contribution in [3.63, 3.8) is 0 Å². The minimum Gasteiger partial charge on any atom is -0.0776 e. The van der Waals surface area contributed by atoms with Crippen molar-refractivity contribution in [1.29, 1.82) is 0 Å². The topological polar surface area (TPSA) is 0 Å². The molecule has 5 aromatic carbocycles. The highest BCUT2D eigenvalue weighted by molar-refractivity contribution is 5.43. The highest BCUT2D eigenvalue weighted by atomic mass is 14.1. The molecule has 0 aliphatic rings. The maximum Gasteiger partial charge on any atom is -0.00258 e. The van der Waals surface area contributed by atoms with E-state index in [4.69, 9.17) is 0 Å². The van der Waals surface area contributed by atoms with E-state index < -0.39 is 0 Å². The molecule has 0 unspecified atom stereocenters. The summed E-state index contributed by atoms with van der Waals surface area (Å²) in [4.78, 5) is 0. The Morgan fingerprint density at radius 2 is 0.681 bits per heavy atom. The zero-order valence-corrected chi connectivity index (χ0v) is 29.9. The lowest BCUT2D eigenvalue weighted by atomic mass is 9.96. The Kier molecular flexibility index (Phi) is 21.0. The zero-order chi connectivity index (χ0) is 33.0. The van der Waals surface area contributed by atoms with Gasteiger partial charge in [-0.05, 0) is 163 Å². The van der Waals surface area contributed by atoms with Gasteiger partial charge in [0.2, 0.25) is 0 Å². The summed E-state index contributed by atoms with van der Waals surface area (Å²) >= 11 is 0. The molecule has 0 heterocycles. The highest BCUT2D eigenvalue weighted by Gasteiger charge is 2.02. The minimum absolute atomic E-state index is 0. The quantitative estimate of drug-likeness (QED) is 0.182. The molecule has 0 spiro atoms. The molecule has 0 nitrogen and oxygen atoms in total. The van der Waals surface area contributed by atoms with Gasteiger partial charge >= 0.3 is 0 Å². The van der Waals surface area contributed by atoms with E-state index in [-0.39, 0.29) is 22.3 Å². The van der Waals surface area contributed by atoms with Crippen molar-refractivity contribution in [2.75, 3.05) is 0 Å². The van der Waals surface area contributed by atoms with Gasteiger partial charge in [-0.3, -0.25) is 0 Å². The van der Waals surface area contributed by atoms with Crippen LogP contribution in [0.2, 0.25) is 0 Å². The summed E-state index contributed by atoms with van der Waals surface area (Å²) in [6, 6.07) is 32.6. The summed E-state index contributed by atoms with van der Waals surface area (Å²) in [5.74, 6) is 0. The third-order valence-corrected chi connectivity index (χ3v) is 8.93. The van der Waals surface area contributed by atoms with E-state index in [2.05, 4.69) is 181 Å². The SMILES string of the molecule is C.C.C.Cc1cc(C)c(C)c(C)c1C.Cc1ccc(C)c(C)c1.Cc1ccc(Cc2ccc(C)cc2)cc1.Cc1cccc(C)c1C. The van der Waals surface area contributed by atoms with Gasteiger partial charge in [0.15, 0.2) is 0 Å². The lowest BCUT2D eigenvalue weighted by Gasteiger charge is -2.10. The molecule has 0 aromatic heterocycles. The van der Waals surface area contributed by atoms with Crippen molar-refractivity contribution in [3.8, 4) is 0 Å². The number of aryl methyl sites for hydroxylation is 9. The smallest absolute Gasteiger partial charge is 0.00258 e. The largest absolute Gasteiger partial charge is 0.0776 e. The molecule has 0 aliphatic carbocycles. The second-order valence-electron chi connectivity index (χ2n) is 12.6. The number of rotatable bonds is 2. The fourth-order valence-electron chi connectivity index (χ4n) is 4.85. The Balaban J connectivity index is 0. The van der Waals surface area contributed by atoms with Gasteiger partial charge in [-0.1, -0.05) is 130 Å². The average Bonchev–Trinajstić information content (AvgIpc) is 2.99. The molecule has 0 heteroatoms. The molecule has 0 atom stereocenters. The molecule has 0 bridgehead atoms. The van der Waals surface area contributed by atoms with E-state index in [1.165, 1.54) is 83.5 Å². The number of hydrogen-bond donors (Lipinski definition) is 0. The first-order valence-electron chi connectivity index (χ1n) is 15.9. The Morgan fingerprint density at radius 1 is 0.298 bits per heavy atom. The van der Waals surface area contributed by atoms with Crippen molar-refractivity contribution in [2.45, 2.75) is 119 Å². The summed E-state index contributed by atoms with van der Waals surface area (Å²) < 4.78 is 0. The molecular formula is C47H68. The van der Waals surface area contributed by atoms with Gasteiger partial charge in [-0.2, -0.15) is 0 Å². The lowest BCUT2D eigenvalue weighted by Crippen LogP contribution is -1.93. The number of hydrogen-bond acceptors (Lipinski definition) is 0. The molecule has 0 saturated heterocycles. The number of benzene rings is 5. The fourth-order valence-corrected chi connectivity index (χ4v) is 4.85. The average molecular weight is 633 g/mol. The van der Waals surface area contributed by atoms with Crippen molar-refractivity contribution < 1.29 is 0 Å². The van der Waals surface area contributed by atoms with Crippen LogP contribution in [0.15, 0.2) is 91.0 Å². The Morgan fingerprint density at radius 3 is 1.02 bits per heavy atom. The molecule has 0 N–H and O–H groups in total. The van der Waals surface area contributed by atoms with Crippen molar-refractivity contribution in [2.24, 2.45) is 0 Å². The van der Waals surface area contributed by atoms with Crippen LogP contribution < -0.4 is 0 Å². The zero-order valence-electron chi connectivity index (χ0n) is 29.9. The molecular weight excluding hydrogens is 565 g/mol. The van der Waals surface area contributed by atoms with Crippen LogP contribution in [-0.2, 0) is 6.42 Å². The summed E-state index contributed by atoms with van der Waals surface area (Å²) in [7, 11) is 0. The molecule has 5 aromatic rings. The second kappa shape index (κ2) is 21.8. The van der Waals surface area contributed by atoms with Crippen LogP contribution in [0.3, 0.4) is 0 Å². The van der Waals surface area contributed by atoms with Crippen molar-refractivity contribution in [1.82, 2.24) is 0 Å². The van der Waals surface area contributed by atoms with Crippen molar-refractivity contribution in [3.05, 3.63) is 174 Å². The predicted octanol–water partition coefficient (Wildman–Crippen LogP) is 14.3. The second-order valence-corrected chi connectivity index (χ2v) is 12.6. The molecule has 0 amide bonds. The normalized spacial score (nSPS) is 9.38. The van der Waals surface area contributed by atoms with E-state index in [9.17, 15) is 0 Å². The van der Waals surface area contributed by atoms with Crippen LogP contribution in [0, 0.1) is 90.0 Å². The van der Waals surface area contributed by atoms with Crippen LogP contribution in [0.4, 0.5) is 0 Å². The van der Waals surface area contributed by atoms with Gasteiger partial charge in [0.25, 0.3) is 0 Å². The van der Waals surface area contributed by atoms with E-state index >= 15 is 0 Å². The van der Waals surface area contributed by atoms with Crippen LogP contribution in [-0.4, -0.2) is 0 Å². The molecule has 0 radical (unpaired) electrons. The lowest BCUT2D eigenvalue weighted by molar-refractivity contribution is 1.18. The van der Waals surface area contributed by atoms with Gasteiger partial charge in [0, 0.05) is 0 Å². The van der Waals surface area contributed by atoms with Gasteiger partial charge < -0.3 is 0 Å². The maximum atomic E-state index is 2.26. The van der Waals surface area contributed by atoms with E-state index in [0.29, 0.717) is 0 Å². The standard InChI is InChI=1S/C15H16.C11H16.2C9H12.3CH4/c1-12-3-7-14(8-4-12)11-15-9-5-13(2)6-10-15;1-7-6-8(2)10(4)11(5)9(7)3;1-7-4-5-8(2)9(3)6-7;1-7-5-4-6-8(2)9(7)3;;;/h3-10H,11H2,1-2H3;6H,1-5H3;2*4-6H,1-3H3;3*1H4. The van der Waals surface area contributed by atoms with Crippen LogP contribution in [0.25, 0.3) is 0 Å². The van der Waals surface area contributed by atoms with E-state index in [1.54, 1.807) is 0 Å². The minimum atomic E-state index is 0. The fraction of sp³-hybridized carbons (Fsp3) is 0.362. The summed E-state index contributed by atoms with van der Waals surface area (Å²) in [6.07, 6.45) is 1.03. The van der Waals surface area contributed by atoms with Gasteiger partial charge in [-0.25, -0.2) is 0 Å². The van der Waals surface area contributed by atoms with Crippen LogP contribution in [0.5, 0.6) is 0 Å². The highest BCUT2D eigenvalue weighted by Crippen LogP contribution is 2.20. The molecule has 256 valence electrons. The Hall–Kier alpha value is -3.90. The van der Waals surface area contributed by atoms with E-state index in [0.717, 1.165) is 6.42 Å². The molecule has 47 heavy (non-hydrogen) atoms. The summed E-state index contributed by atoms with van der Waals surface area (Å²) in [5.41, 5.74) is 20.8. The molecule has 0 saturated carbocycles. The monoisotopic (exact) mass is 633 g/mol. The van der Waals surface area contributed by atoms with Gasteiger partial charge in [0.1, 0.15) is 0 Å². The third-order valence-electron chi connectivity index (χ3n) is 8.93.